The molecule has 1 aromatic rings. The molecule has 24 heavy (non-hydrogen) atoms. The van der Waals surface area contributed by atoms with Crippen molar-refractivity contribution in [2.45, 2.75) is 25.3 Å². The van der Waals surface area contributed by atoms with Crippen molar-refractivity contribution in [1.82, 2.24) is 0 Å². The van der Waals surface area contributed by atoms with Gasteiger partial charge < -0.3 is 15.4 Å². The van der Waals surface area contributed by atoms with Crippen LogP contribution in [0.2, 0.25) is 0 Å². The van der Waals surface area contributed by atoms with Crippen LogP contribution >= 0.6 is 9.42 Å². The first-order chi connectivity index (χ1) is 11.8. The average Bonchev–Trinajstić information content (AvgIpc) is 2.70. The molecule has 1 unspecified atom stereocenters. The second-order valence-electron chi connectivity index (χ2n) is 5.47. The zero-order chi connectivity index (χ0) is 17.4. The van der Waals surface area contributed by atoms with Crippen molar-refractivity contribution in [1.29, 1.82) is 0 Å². The molecule has 2 aliphatic heterocycles. The normalized spacial score (nSPS) is 19.5. The molecule has 0 spiro atoms. The van der Waals surface area contributed by atoms with E-state index < -0.39 is 0 Å². The third-order valence-electron chi connectivity index (χ3n) is 3.94. The first kappa shape index (κ1) is 19.2. The Morgan fingerprint density at radius 1 is 1.38 bits per heavy atom. The van der Waals surface area contributed by atoms with E-state index in [2.05, 4.69) is 26.1 Å². The van der Waals surface area contributed by atoms with Crippen molar-refractivity contribution in [3.05, 3.63) is 63.8 Å². The zero-order valence-electron chi connectivity index (χ0n) is 13.4. The summed E-state index contributed by atoms with van der Waals surface area (Å²) in [7, 11) is 6.01. The molecule has 0 saturated carbocycles. The molecule has 4 nitrogen and oxygen atoms in total. The molecule has 1 fully saturated rings. The maximum atomic E-state index is 12.0. The first-order valence-electron chi connectivity index (χ1n) is 7.77. The molecular weight excluding hydrogens is 507 g/mol. The quantitative estimate of drug-likeness (QED) is 0.419. The fraction of sp³-hybridized carbons (Fsp3) is 0.389. The van der Waals surface area contributed by atoms with Crippen LogP contribution in [-0.2, 0) is 23.5 Å². The number of methoxy groups -OCH3 is 1. The van der Waals surface area contributed by atoms with E-state index in [4.69, 9.17) is 4.74 Å². The SMILES string of the molecule is COC(=O)c1cc(C2=CC=CC[N-]2)[c-]c(C2CCCC[N-]2)c1.[Cl][Pt]. The summed E-state index contributed by atoms with van der Waals surface area (Å²) in [5.41, 5.74) is 3.19. The molecule has 3 rings (SSSR count). The molecule has 0 bridgehead atoms. The summed E-state index contributed by atoms with van der Waals surface area (Å²) in [6, 6.07) is 7.18. The molecule has 0 radical (unpaired) electrons. The zero-order valence-corrected chi connectivity index (χ0v) is 16.4. The Kier molecular flexibility index (Phi) is 8.04. The predicted molar refractivity (Wildman–Crippen MR) is 92.6 cm³/mol. The van der Waals surface area contributed by atoms with Gasteiger partial charge in [-0.05, 0) is 5.56 Å². The Morgan fingerprint density at radius 3 is 2.83 bits per heavy atom. The Morgan fingerprint density at radius 2 is 2.21 bits per heavy atom. The number of nitrogens with zero attached hydrogens (tertiary/aromatic N) is 2. The summed E-state index contributed by atoms with van der Waals surface area (Å²) < 4.78 is 4.87. The molecule has 1 aromatic carbocycles. The molecule has 133 valence electrons. The number of carbonyl (C=O) groups excluding carboxylic acids is 1. The van der Waals surface area contributed by atoms with Gasteiger partial charge in [-0.1, -0.05) is 25.3 Å². The number of esters is 1. The Bertz CT molecular complexity index is 625. The van der Waals surface area contributed by atoms with Crippen LogP contribution in [-0.4, -0.2) is 26.2 Å². The van der Waals surface area contributed by atoms with Crippen LogP contribution < -0.4 is 0 Å². The minimum absolute atomic E-state index is 0.122. The predicted octanol–water partition coefficient (Wildman–Crippen LogP) is 4.84. The second-order valence-corrected chi connectivity index (χ2v) is 5.47. The van der Waals surface area contributed by atoms with Gasteiger partial charge in [-0.2, -0.15) is 5.56 Å². The third-order valence-corrected chi connectivity index (χ3v) is 3.94. The van der Waals surface area contributed by atoms with Crippen LogP contribution in [0.3, 0.4) is 0 Å². The van der Waals surface area contributed by atoms with Crippen molar-refractivity contribution in [2.24, 2.45) is 0 Å². The topological polar surface area (TPSA) is 54.5 Å². The van der Waals surface area contributed by atoms with Crippen LogP contribution in [0.25, 0.3) is 16.3 Å². The first-order valence-corrected chi connectivity index (χ1v) is 10.6. The van der Waals surface area contributed by atoms with Crippen LogP contribution in [0.1, 0.15) is 46.8 Å². The van der Waals surface area contributed by atoms with Gasteiger partial charge >= 0.3 is 34.2 Å². The number of rotatable bonds is 3. The number of ether oxygens (including phenoxy) is 1. The molecule has 0 amide bonds. The molecular formula is C18H19ClN2O2Pt-3. The van der Waals surface area contributed by atoms with Crippen molar-refractivity contribution in [3.8, 4) is 0 Å². The summed E-state index contributed by atoms with van der Waals surface area (Å²) >= 11 is 1.61. The third kappa shape index (κ3) is 4.95. The number of piperidine rings is 1. The summed E-state index contributed by atoms with van der Waals surface area (Å²) in [6.07, 6.45) is 9.23. The number of allylic oxidation sites excluding steroid dienone is 2. The summed E-state index contributed by atoms with van der Waals surface area (Å²) in [5.74, 6) is -0.334. The number of hydrogen-bond donors (Lipinski definition) is 0. The van der Waals surface area contributed by atoms with Gasteiger partial charge in [0.2, 0.25) is 0 Å². The fourth-order valence-electron chi connectivity index (χ4n) is 2.79. The Balaban J connectivity index is 0.00000100. The van der Waals surface area contributed by atoms with Crippen molar-refractivity contribution >= 4 is 21.1 Å². The van der Waals surface area contributed by atoms with Gasteiger partial charge in [0.1, 0.15) is 0 Å². The van der Waals surface area contributed by atoms with E-state index in [9.17, 15) is 4.79 Å². The Hall–Kier alpha value is -1.09. The van der Waals surface area contributed by atoms with E-state index in [0.29, 0.717) is 12.1 Å². The van der Waals surface area contributed by atoms with Gasteiger partial charge in [0, 0.05) is 0 Å². The van der Waals surface area contributed by atoms with Gasteiger partial charge in [-0.25, -0.2) is 10.5 Å². The standard InChI is InChI=1S/C18H19N2O2.ClH.Pt/c1-22-18(21)15-11-13(16-6-2-4-8-19-16)10-14(12-15)17-7-3-5-9-20-17;;/h2,4,6,11-12,17H,3,5,7-9H2,1H3;1H;/q-3;;+1/p-1. The summed E-state index contributed by atoms with van der Waals surface area (Å²) in [6.45, 7) is 1.54. The van der Waals surface area contributed by atoms with Gasteiger partial charge in [0.15, 0.2) is 0 Å². The van der Waals surface area contributed by atoms with E-state index in [-0.39, 0.29) is 12.0 Å². The molecule has 2 aliphatic rings. The molecule has 2 heterocycles. The summed E-state index contributed by atoms with van der Waals surface area (Å²) in [4.78, 5) is 12.0. The Labute approximate surface area is 158 Å². The molecule has 6 heteroatoms. The van der Waals surface area contributed by atoms with Gasteiger partial charge in [0.05, 0.1) is 7.11 Å². The molecule has 1 saturated heterocycles. The van der Waals surface area contributed by atoms with Crippen LogP contribution in [0.5, 0.6) is 0 Å². The van der Waals surface area contributed by atoms with E-state index >= 15 is 0 Å². The van der Waals surface area contributed by atoms with Gasteiger partial charge in [-0.3, -0.25) is 0 Å². The van der Waals surface area contributed by atoms with E-state index in [1.54, 1.807) is 24.8 Å². The molecule has 0 aromatic heterocycles. The number of halogens is 1. The monoisotopic (exact) mass is 525 g/mol. The van der Waals surface area contributed by atoms with Crippen molar-refractivity contribution in [3.63, 3.8) is 0 Å². The van der Waals surface area contributed by atoms with E-state index in [0.717, 1.165) is 42.6 Å². The maximum absolute atomic E-state index is 12.0. The van der Waals surface area contributed by atoms with Gasteiger partial charge in [0.25, 0.3) is 0 Å². The molecule has 0 N–H and O–H groups in total. The van der Waals surface area contributed by atoms with Crippen LogP contribution in [0.4, 0.5) is 0 Å². The molecule has 0 aliphatic carbocycles. The van der Waals surface area contributed by atoms with Gasteiger partial charge in [-0.15, -0.1) is 55.0 Å². The fourth-order valence-corrected chi connectivity index (χ4v) is 2.79. The van der Waals surface area contributed by atoms with Crippen LogP contribution in [0.15, 0.2) is 30.4 Å². The van der Waals surface area contributed by atoms with E-state index in [1.807, 2.05) is 24.3 Å². The van der Waals surface area contributed by atoms with Crippen molar-refractivity contribution in [2.75, 3.05) is 20.2 Å². The van der Waals surface area contributed by atoms with Crippen molar-refractivity contribution < 1.29 is 28.3 Å². The number of carbonyl (C=O) groups is 1. The minimum atomic E-state index is -0.334. The van der Waals surface area contributed by atoms with Crippen LogP contribution in [0, 0.1) is 6.07 Å². The number of hydrogen-bond acceptors (Lipinski definition) is 2. The second kappa shape index (κ2) is 10.0. The van der Waals surface area contributed by atoms with E-state index in [1.165, 1.54) is 7.11 Å². The number of benzene rings is 1. The molecule has 1 atom stereocenters. The average molecular weight is 526 g/mol. The summed E-state index contributed by atoms with van der Waals surface area (Å²) in [5, 5.41) is 9.14.